The zero-order valence-electron chi connectivity index (χ0n) is 12.4. The predicted molar refractivity (Wildman–Crippen MR) is 75.8 cm³/mol. The maximum Gasteiger partial charge on any atom is 0.436 e. The lowest BCUT2D eigenvalue weighted by atomic mass is 10.2. The van der Waals surface area contributed by atoms with Gasteiger partial charge in [0.1, 0.15) is 6.54 Å². The van der Waals surface area contributed by atoms with Gasteiger partial charge in [-0.05, 0) is 26.9 Å². The molecule has 1 amide bonds. The summed E-state index contributed by atoms with van der Waals surface area (Å²) in [6, 6.07) is 0. The number of carbonyl (C=O) groups is 1. The minimum Gasteiger partial charge on any atom is -0.353 e. The Hall–Kier alpha value is -1.28. The highest BCUT2D eigenvalue weighted by Crippen LogP contribution is 2.46. The van der Waals surface area contributed by atoms with Gasteiger partial charge in [-0.3, -0.25) is 9.48 Å². The first-order valence-corrected chi connectivity index (χ1v) is 7.32. The molecule has 1 heterocycles. The van der Waals surface area contributed by atoms with Gasteiger partial charge in [0.25, 0.3) is 0 Å². The third-order valence-corrected chi connectivity index (χ3v) is 3.71. The number of rotatable bonds is 6. The molecule has 0 radical (unpaired) electrons. The van der Waals surface area contributed by atoms with E-state index in [2.05, 4.69) is 10.4 Å². The number of aromatic nitrogens is 2. The highest BCUT2D eigenvalue weighted by molar-refractivity contribution is 6.32. The fraction of sp³-hybridized carbons (Fsp3) is 0.692. The van der Waals surface area contributed by atoms with Crippen molar-refractivity contribution in [3.63, 3.8) is 0 Å². The van der Waals surface area contributed by atoms with Crippen LogP contribution in [0.25, 0.3) is 0 Å². The summed E-state index contributed by atoms with van der Waals surface area (Å²) in [5, 5.41) is 5.79. The highest BCUT2D eigenvalue weighted by atomic mass is 35.5. The van der Waals surface area contributed by atoms with Crippen LogP contribution in [0.4, 0.5) is 13.2 Å². The lowest BCUT2D eigenvalue weighted by molar-refractivity contribution is -0.141. The molecule has 0 bridgehead atoms. The Balaban J connectivity index is 2.11. The quantitative estimate of drug-likeness (QED) is 0.864. The Labute approximate surface area is 131 Å². The van der Waals surface area contributed by atoms with Crippen LogP contribution in [0, 0.1) is 0 Å². The zero-order chi connectivity index (χ0) is 16.5. The number of carbonyl (C=O) groups excluding carboxylic acids is 1. The first kappa shape index (κ1) is 17.1. The second-order valence-corrected chi connectivity index (χ2v) is 6.01. The molecule has 0 aliphatic heterocycles. The van der Waals surface area contributed by atoms with Gasteiger partial charge in [0.2, 0.25) is 5.91 Å². The molecule has 0 aromatic carbocycles. The van der Waals surface area contributed by atoms with E-state index in [0.717, 1.165) is 17.5 Å². The molecule has 1 aromatic rings. The van der Waals surface area contributed by atoms with E-state index in [4.69, 9.17) is 11.6 Å². The van der Waals surface area contributed by atoms with Gasteiger partial charge < -0.3 is 10.2 Å². The predicted octanol–water partition coefficient (Wildman–Crippen LogP) is 2.11. The van der Waals surface area contributed by atoms with E-state index in [1.54, 1.807) is 0 Å². The van der Waals surface area contributed by atoms with Crippen molar-refractivity contribution in [1.29, 1.82) is 0 Å². The third-order valence-electron chi connectivity index (χ3n) is 3.34. The second kappa shape index (κ2) is 6.45. The number of halogens is 4. The molecule has 5 nitrogen and oxygen atoms in total. The van der Waals surface area contributed by atoms with Crippen LogP contribution in [-0.2, 0) is 17.5 Å². The molecule has 0 atom stereocenters. The van der Waals surface area contributed by atoms with Crippen LogP contribution in [0.1, 0.15) is 30.1 Å². The molecule has 124 valence electrons. The standard InChI is InChI=1S/C13H18ClF3N4O/c1-20(2)6-5-18-9(22)7-21-11(8-3-4-8)10(14)12(19-21)13(15,16)17/h8H,3-7H2,1-2H3,(H,18,22). The number of alkyl halides is 3. The SMILES string of the molecule is CN(C)CCNC(=O)Cn1nc(C(F)(F)F)c(Cl)c1C1CC1. The number of nitrogens with zero attached hydrogens (tertiary/aromatic N) is 3. The lowest BCUT2D eigenvalue weighted by Crippen LogP contribution is -2.34. The van der Waals surface area contributed by atoms with Crippen LogP contribution in [0.2, 0.25) is 5.02 Å². The Morgan fingerprint density at radius 3 is 2.59 bits per heavy atom. The van der Waals surface area contributed by atoms with Crippen molar-refractivity contribution in [1.82, 2.24) is 20.0 Å². The minimum atomic E-state index is -4.62. The van der Waals surface area contributed by atoms with Crippen molar-refractivity contribution in [3.8, 4) is 0 Å². The summed E-state index contributed by atoms with van der Waals surface area (Å²) < 4.78 is 39.8. The van der Waals surface area contributed by atoms with Crippen molar-refractivity contribution in [2.45, 2.75) is 31.5 Å². The number of hydrogen-bond acceptors (Lipinski definition) is 3. The summed E-state index contributed by atoms with van der Waals surface area (Å²) >= 11 is 5.84. The van der Waals surface area contributed by atoms with Crippen LogP contribution in [-0.4, -0.2) is 47.8 Å². The summed E-state index contributed by atoms with van der Waals surface area (Å²) in [4.78, 5) is 13.7. The number of nitrogens with one attached hydrogen (secondary N) is 1. The van der Waals surface area contributed by atoms with E-state index in [1.807, 2.05) is 19.0 Å². The van der Waals surface area contributed by atoms with Crippen LogP contribution in [0.15, 0.2) is 0 Å². The smallest absolute Gasteiger partial charge is 0.353 e. The van der Waals surface area contributed by atoms with Crippen molar-refractivity contribution in [2.75, 3.05) is 27.2 Å². The van der Waals surface area contributed by atoms with Gasteiger partial charge in [0.05, 0.1) is 10.7 Å². The Bertz CT molecular complexity index is 552. The maximum atomic E-state index is 12.9. The molecule has 1 fully saturated rings. The van der Waals surface area contributed by atoms with E-state index >= 15 is 0 Å². The van der Waals surface area contributed by atoms with E-state index in [-0.39, 0.29) is 23.4 Å². The van der Waals surface area contributed by atoms with Crippen LogP contribution >= 0.6 is 11.6 Å². The highest BCUT2D eigenvalue weighted by Gasteiger charge is 2.42. The summed E-state index contributed by atoms with van der Waals surface area (Å²) in [5.74, 6) is -0.415. The van der Waals surface area contributed by atoms with E-state index < -0.39 is 11.9 Å². The number of amides is 1. The average Bonchev–Trinajstić information content (AvgIpc) is 3.13. The molecule has 1 saturated carbocycles. The van der Waals surface area contributed by atoms with Crippen molar-refractivity contribution in [2.24, 2.45) is 0 Å². The monoisotopic (exact) mass is 338 g/mol. The molecule has 0 spiro atoms. The van der Waals surface area contributed by atoms with Gasteiger partial charge in [-0.2, -0.15) is 18.3 Å². The molecule has 0 unspecified atom stereocenters. The largest absolute Gasteiger partial charge is 0.436 e. The Kier molecular flexibility index (Phi) is 5.01. The van der Waals surface area contributed by atoms with Crippen LogP contribution in [0.5, 0.6) is 0 Å². The maximum absolute atomic E-state index is 12.9. The lowest BCUT2D eigenvalue weighted by Gasteiger charge is -2.11. The fourth-order valence-corrected chi connectivity index (χ4v) is 2.51. The average molecular weight is 339 g/mol. The van der Waals surface area contributed by atoms with E-state index in [9.17, 15) is 18.0 Å². The second-order valence-electron chi connectivity index (χ2n) is 5.63. The Morgan fingerprint density at radius 2 is 2.09 bits per heavy atom. The summed E-state index contributed by atoms with van der Waals surface area (Å²) in [7, 11) is 3.72. The van der Waals surface area contributed by atoms with Gasteiger partial charge in [0.15, 0.2) is 5.69 Å². The summed E-state index contributed by atoms with van der Waals surface area (Å²) in [6.45, 7) is 0.815. The van der Waals surface area contributed by atoms with Crippen molar-refractivity contribution < 1.29 is 18.0 Å². The van der Waals surface area contributed by atoms with Crippen LogP contribution < -0.4 is 5.32 Å². The zero-order valence-corrected chi connectivity index (χ0v) is 13.1. The molecule has 1 N–H and O–H groups in total. The molecule has 1 aliphatic rings. The number of hydrogen-bond donors (Lipinski definition) is 1. The molecular formula is C13H18ClF3N4O. The molecular weight excluding hydrogens is 321 g/mol. The summed E-state index contributed by atoms with van der Waals surface area (Å²) in [5.41, 5.74) is -0.797. The topological polar surface area (TPSA) is 50.2 Å². The Morgan fingerprint density at radius 1 is 1.45 bits per heavy atom. The molecule has 9 heteroatoms. The molecule has 1 aliphatic carbocycles. The van der Waals surface area contributed by atoms with Gasteiger partial charge in [0, 0.05) is 19.0 Å². The first-order valence-electron chi connectivity index (χ1n) is 6.95. The molecule has 1 aromatic heterocycles. The van der Waals surface area contributed by atoms with E-state index in [1.165, 1.54) is 0 Å². The fourth-order valence-electron chi connectivity index (χ4n) is 2.11. The van der Waals surface area contributed by atoms with Gasteiger partial charge >= 0.3 is 6.18 Å². The van der Waals surface area contributed by atoms with Crippen molar-refractivity contribution >= 4 is 17.5 Å². The number of likely N-dealkylation sites (N-methyl/N-ethyl adjacent to an activating group) is 1. The minimum absolute atomic E-state index is 0.0364. The van der Waals surface area contributed by atoms with Gasteiger partial charge in [-0.15, -0.1) is 0 Å². The van der Waals surface area contributed by atoms with Gasteiger partial charge in [-0.25, -0.2) is 0 Å². The third kappa shape index (κ3) is 4.13. The molecule has 0 saturated heterocycles. The molecule has 2 rings (SSSR count). The molecule has 22 heavy (non-hydrogen) atoms. The van der Waals surface area contributed by atoms with Gasteiger partial charge in [-0.1, -0.05) is 11.6 Å². The first-order chi connectivity index (χ1) is 10.2. The van der Waals surface area contributed by atoms with Crippen LogP contribution in [0.3, 0.4) is 0 Å². The van der Waals surface area contributed by atoms with Crippen molar-refractivity contribution in [3.05, 3.63) is 16.4 Å². The van der Waals surface area contributed by atoms with E-state index in [0.29, 0.717) is 18.8 Å². The normalized spacial score (nSPS) is 15.4. The summed E-state index contributed by atoms with van der Waals surface area (Å²) in [6.07, 6.45) is -3.08.